The van der Waals surface area contributed by atoms with E-state index in [0.717, 1.165) is 24.0 Å². The second-order valence-electron chi connectivity index (χ2n) is 4.13. The smallest absolute Gasteiger partial charge is 0.315 e. The van der Waals surface area contributed by atoms with Crippen LogP contribution >= 0.6 is 0 Å². The SMILES string of the molecule is CCCCNC(=O)NCc1ccccc1C#CCN. The largest absolute Gasteiger partial charge is 0.338 e. The van der Waals surface area contributed by atoms with Crippen molar-refractivity contribution in [1.29, 1.82) is 0 Å². The Labute approximate surface area is 114 Å². The molecule has 0 fully saturated rings. The van der Waals surface area contributed by atoms with Crippen LogP contribution in [-0.2, 0) is 6.54 Å². The number of carbonyl (C=O) groups excluding carboxylic acids is 1. The van der Waals surface area contributed by atoms with E-state index in [1.165, 1.54) is 0 Å². The van der Waals surface area contributed by atoms with Crippen molar-refractivity contribution in [3.63, 3.8) is 0 Å². The van der Waals surface area contributed by atoms with Gasteiger partial charge in [-0.3, -0.25) is 0 Å². The number of benzene rings is 1. The first-order chi connectivity index (χ1) is 9.27. The highest BCUT2D eigenvalue weighted by molar-refractivity contribution is 5.73. The minimum Gasteiger partial charge on any atom is -0.338 e. The van der Waals surface area contributed by atoms with Gasteiger partial charge < -0.3 is 16.4 Å². The lowest BCUT2D eigenvalue weighted by molar-refractivity contribution is 0.240. The number of carbonyl (C=O) groups is 1. The fourth-order valence-corrected chi connectivity index (χ4v) is 1.56. The fraction of sp³-hybridized carbons (Fsp3) is 0.400. The molecule has 102 valence electrons. The van der Waals surface area contributed by atoms with Crippen molar-refractivity contribution in [2.75, 3.05) is 13.1 Å². The van der Waals surface area contributed by atoms with Gasteiger partial charge in [0.1, 0.15) is 0 Å². The second kappa shape index (κ2) is 9.01. The molecule has 0 unspecified atom stereocenters. The van der Waals surface area contributed by atoms with Crippen LogP contribution in [0.15, 0.2) is 24.3 Å². The molecule has 2 amide bonds. The lowest BCUT2D eigenvalue weighted by Gasteiger charge is -2.08. The highest BCUT2D eigenvalue weighted by Crippen LogP contribution is 2.06. The van der Waals surface area contributed by atoms with Crippen LogP contribution in [0.2, 0.25) is 0 Å². The van der Waals surface area contributed by atoms with E-state index in [0.29, 0.717) is 19.6 Å². The average molecular weight is 259 g/mol. The number of nitrogens with one attached hydrogen (secondary N) is 2. The van der Waals surface area contributed by atoms with Crippen LogP contribution in [0.5, 0.6) is 0 Å². The number of rotatable bonds is 5. The first-order valence-corrected chi connectivity index (χ1v) is 6.56. The molecule has 0 aliphatic carbocycles. The molecule has 0 heterocycles. The molecule has 0 bridgehead atoms. The quantitative estimate of drug-likeness (QED) is 0.555. The first-order valence-electron chi connectivity index (χ1n) is 6.56. The van der Waals surface area contributed by atoms with Crippen LogP contribution in [0.1, 0.15) is 30.9 Å². The zero-order valence-corrected chi connectivity index (χ0v) is 11.3. The fourth-order valence-electron chi connectivity index (χ4n) is 1.56. The molecule has 1 rings (SSSR count). The summed E-state index contributed by atoms with van der Waals surface area (Å²) in [6.45, 7) is 3.59. The maximum atomic E-state index is 11.5. The van der Waals surface area contributed by atoms with Gasteiger partial charge in [0, 0.05) is 18.7 Å². The molecular weight excluding hydrogens is 238 g/mol. The van der Waals surface area contributed by atoms with Crippen molar-refractivity contribution in [2.45, 2.75) is 26.3 Å². The Hall–Kier alpha value is -1.99. The van der Waals surface area contributed by atoms with Crippen LogP contribution < -0.4 is 16.4 Å². The summed E-state index contributed by atoms with van der Waals surface area (Å²) in [5.41, 5.74) is 7.26. The van der Waals surface area contributed by atoms with Gasteiger partial charge in [-0.2, -0.15) is 0 Å². The Morgan fingerprint density at radius 3 is 2.84 bits per heavy atom. The van der Waals surface area contributed by atoms with Crippen molar-refractivity contribution >= 4 is 6.03 Å². The Morgan fingerprint density at radius 2 is 2.11 bits per heavy atom. The second-order valence-corrected chi connectivity index (χ2v) is 4.13. The molecule has 0 radical (unpaired) electrons. The number of amides is 2. The summed E-state index contributed by atoms with van der Waals surface area (Å²) in [7, 11) is 0. The summed E-state index contributed by atoms with van der Waals surface area (Å²) in [4.78, 5) is 11.5. The standard InChI is InChI=1S/C15H21N3O/c1-2-3-11-17-15(19)18-12-14-8-5-4-7-13(14)9-6-10-16/h4-5,7-8H,2-3,10-12,16H2,1H3,(H2,17,18,19). The monoisotopic (exact) mass is 259 g/mol. The van der Waals surface area contributed by atoms with Crippen LogP contribution in [0.3, 0.4) is 0 Å². The summed E-state index contributed by atoms with van der Waals surface area (Å²) in [6.07, 6.45) is 2.06. The molecule has 0 atom stereocenters. The van der Waals surface area contributed by atoms with Crippen LogP contribution in [0.4, 0.5) is 4.79 Å². The lowest BCUT2D eigenvalue weighted by atomic mass is 10.1. The van der Waals surface area contributed by atoms with Crippen LogP contribution in [0, 0.1) is 11.8 Å². The first kappa shape index (κ1) is 15.1. The highest BCUT2D eigenvalue weighted by Gasteiger charge is 2.02. The van der Waals surface area contributed by atoms with Gasteiger partial charge in [-0.25, -0.2) is 4.79 Å². The van der Waals surface area contributed by atoms with E-state index in [-0.39, 0.29) is 6.03 Å². The average Bonchev–Trinajstić information content (AvgIpc) is 2.44. The Morgan fingerprint density at radius 1 is 1.32 bits per heavy atom. The normalized spacial score (nSPS) is 9.37. The highest BCUT2D eigenvalue weighted by atomic mass is 16.2. The van der Waals surface area contributed by atoms with Gasteiger partial charge >= 0.3 is 6.03 Å². The predicted molar refractivity (Wildman–Crippen MR) is 77.5 cm³/mol. The van der Waals surface area contributed by atoms with Gasteiger partial charge in [-0.15, -0.1) is 0 Å². The summed E-state index contributed by atoms with van der Waals surface area (Å²) < 4.78 is 0. The minimum atomic E-state index is -0.143. The molecule has 0 aliphatic heterocycles. The van der Waals surface area contributed by atoms with Gasteiger partial charge in [-0.1, -0.05) is 43.4 Å². The number of hydrogen-bond acceptors (Lipinski definition) is 2. The lowest BCUT2D eigenvalue weighted by Crippen LogP contribution is -2.35. The summed E-state index contributed by atoms with van der Waals surface area (Å²) in [5.74, 6) is 5.83. The third-order valence-corrected chi connectivity index (χ3v) is 2.60. The van der Waals surface area contributed by atoms with E-state index >= 15 is 0 Å². The van der Waals surface area contributed by atoms with Gasteiger partial charge in [0.2, 0.25) is 0 Å². The number of hydrogen-bond donors (Lipinski definition) is 3. The van der Waals surface area contributed by atoms with E-state index in [1.807, 2.05) is 24.3 Å². The maximum Gasteiger partial charge on any atom is 0.315 e. The molecule has 0 aromatic heterocycles. The van der Waals surface area contributed by atoms with Crippen molar-refractivity contribution < 1.29 is 4.79 Å². The summed E-state index contributed by atoms with van der Waals surface area (Å²) in [5, 5.41) is 5.64. The maximum absolute atomic E-state index is 11.5. The molecular formula is C15H21N3O. The van der Waals surface area contributed by atoms with Crippen LogP contribution in [0.25, 0.3) is 0 Å². The molecule has 0 aliphatic rings. The van der Waals surface area contributed by atoms with E-state index in [2.05, 4.69) is 29.4 Å². The number of nitrogens with two attached hydrogens (primary N) is 1. The van der Waals surface area contributed by atoms with Crippen LogP contribution in [-0.4, -0.2) is 19.1 Å². The van der Waals surface area contributed by atoms with E-state index in [9.17, 15) is 4.79 Å². The molecule has 19 heavy (non-hydrogen) atoms. The van der Waals surface area contributed by atoms with Gasteiger partial charge in [0.25, 0.3) is 0 Å². The van der Waals surface area contributed by atoms with Gasteiger partial charge in [-0.05, 0) is 18.1 Å². The predicted octanol–water partition coefficient (Wildman–Crippen LogP) is 1.60. The molecule has 0 saturated heterocycles. The third-order valence-electron chi connectivity index (χ3n) is 2.60. The molecule has 4 heteroatoms. The van der Waals surface area contributed by atoms with E-state index in [1.54, 1.807) is 0 Å². The van der Waals surface area contributed by atoms with E-state index < -0.39 is 0 Å². The summed E-state index contributed by atoms with van der Waals surface area (Å²) >= 11 is 0. The zero-order chi connectivity index (χ0) is 13.9. The molecule has 4 N–H and O–H groups in total. The molecule has 0 saturated carbocycles. The van der Waals surface area contributed by atoms with Crippen molar-refractivity contribution in [3.8, 4) is 11.8 Å². The molecule has 1 aromatic carbocycles. The molecule has 0 spiro atoms. The Bertz CT molecular complexity index is 460. The topological polar surface area (TPSA) is 67.2 Å². The minimum absolute atomic E-state index is 0.143. The number of urea groups is 1. The Balaban J connectivity index is 2.50. The molecule has 4 nitrogen and oxygen atoms in total. The van der Waals surface area contributed by atoms with Crippen molar-refractivity contribution in [1.82, 2.24) is 10.6 Å². The van der Waals surface area contributed by atoms with Crippen molar-refractivity contribution in [3.05, 3.63) is 35.4 Å². The van der Waals surface area contributed by atoms with Gasteiger partial charge in [0.15, 0.2) is 0 Å². The van der Waals surface area contributed by atoms with E-state index in [4.69, 9.17) is 5.73 Å². The molecule has 1 aromatic rings. The summed E-state index contributed by atoms with van der Waals surface area (Å²) in [6, 6.07) is 7.59. The third kappa shape index (κ3) is 5.94. The Kier molecular flexibility index (Phi) is 7.14. The zero-order valence-electron chi connectivity index (χ0n) is 11.3. The van der Waals surface area contributed by atoms with Crippen molar-refractivity contribution in [2.24, 2.45) is 5.73 Å². The van der Waals surface area contributed by atoms with Gasteiger partial charge in [0.05, 0.1) is 6.54 Å². The number of unbranched alkanes of at least 4 members (excludes halogenated alkanes) is 1.